The first kappa shape index (κ1) is 20.6. The molecule has 150 valence electrons. The zero-order chi connectivity index (χ0) is 19.9. The van der Waals surface area contributed by atoms with Crippen molar-refractivity contribution in [3.05, 3.63) is 59.4 Å². The molecule has 0 bridgehead atoms. The highest BCUT2D eigenvalue weighted by atomic mass is 19.1. The van der Waals surface area contributed by atoms with Crippen LogP contribution in [0.15, 0.2) is 42.5 Å². The van der Waals surface area contributed by atoms with Gasteiger partial charge in [-0.2, -0.15) is 0 Å². The molecule has 1 fully saturated rings. The number of rotatable bonds is 7. The highest BCUT2D eigenvalue weighted by molar-refractivity contribution is 5.90. The minimum absolute atomic E-state index is 0.186. The molecule has 0 amide bonds. The van der Waals surface area contributed by atoms with E-state index in [2.05, 4.69) is 13.0 Å². The van der Waals surface area contributed by atoms with Crippen molar-refractivity contribution in [2.75, 3.05) is 6.61 Å². The average molecular weight is 383 g/mol. The van der Waals surface area contributed by atoms with Gasteiger partial charge in [0.25, 0.3) is 0 Å². The van der Waals surface area contributed by atoms with Crippen LogP contribution in [0.4, 0.5) is 4.39 Å². The van der Waals surface area contributed by atoms with Gasteiger partial charge in [-0.15, -0.1) is 0 Å². The lowest BCUT2D eigenvalue weighted by Gasteiger charge is -2.28. The molecule has 1 saturated carbocycles. The number of carbonyl (C=O) groups excluding carboxylic acids is 1. The maximum atomic E-state index is 14.8. The van der Waals surface area contributed by atoms with E-state index in [9.17, 15) is 9.18 Å². The molecular weight excluding hydrogens is 351 g/mol. The van der Waals surface area contributed by atoms with Gasteiger partial charge in [-0.25, -0.2) is 9.18 Å². The predicted molar refractivity (Wildman–Crippen MR) is 112 cm³/mol. The van der Waals surface area contributed by atoms with Gasteiger partial charge in [-0.1, -0.05) is 51.0 Å². The van der Waals surface area contributed by atoms with Crippen LogP contribution in [0.3, 0.4) is 0 Å². The Labute approximate surface area is 168 Å². The second-order valence-electron chi connectivity index (χ2n) is 7.96. The zero-order valence-electron chi connectivity index (χ0n) is 17.0. The van der Waals surface area contributed by atoms with E-state index in [-0.39, 0.29) is 11.8 Å². The summed E-state index contributed by atoms with van der Waals surface area (Å²) in [4.78, 5) is 11.9. The molecule has 3 rings (SSSR count). The second kappa shape index (κ2) is 9.86. The molecular formula is C25H31FO2. The van der Waals surface area contributed by atoms with Crippen molar-refractivity contribution in [3.63, 3.8) is 0 Å². The third-order valence-electron chi connectivity index (χ3n) is 5.88. The molecule has 0 aromatic heterocycles. The predicted octanol–water partition coefficient (Wildman–Crippen LogP) is 7.13. The molecule has 0 radical (unpaired) electrons. The second-order valence-corrected chi connectivity index (χ2v) is 7.96. The SMILES string of the molecule is CCCOC(=O)c1ccc(-c2ccc(C3CCC(CCC)CC3)cc2F)cc1. The standard InChI is InChI=1S/C25H31FO2/c1-3-5-18-6-8-19(9-7-18)22-14-15-23(24(26)17-22)20-10-12-21(13-11-20)25(27)28-16-4-2/h10-15,17-19H,3-9,16H2,1-2H3. The minimum Gasteiger partial charge on any atom is -0.462 e. The highest BCUT2D eigenvalue weighted by Crippen LogP contribution is 2.38. The van der Waals surface area contributed by atoms with Gasteiger partial charge in [0.1, 0.15) is 5.82 Å². The maximum absolute atomic E-state index is 14.8. The summed E-state index contributed by atoms with van der Waals surface area (Å²) < 4.78 is 20.0. The number of hydrogen-bond acceptors (Lipinski definition) is 2. The molecule has 1 aliphatic rings. The lowest BCUT2D eigenvalue weighted by atomic mass is 9.77. The number of halogens is 1. The Hall–Kier alpha value is -2.16. The lowest BCUT2D eigenvalue weighted by Crippen LogP contribution is -2.13. The summed E-state index contributed by atoms with van der Waals surface area (Å²) >= 11 is 0. The summed E-state index contributed by atoms with van der Waals surface area (Å²) in [6, 6.07) is 12.7. The van der Waals surface area contributed by atoms with Crippen molar-refractivity contribution in [1.29, 1.82) is 0 Å². The Balaban J connectivity index is 1.68. The number of ether oxygens (including phenoxy) is 1. The van der Waals surface area contributed by atoms with Crippen LogP contribution in [-0.4, -0.2) is 12.6 Å². The van der Waals surface area contributed by atoms with Crippen LogP contribution in [-0.2, 0) is 4.74 Å². The van der Waals surface area contributed by atoms with Crippen LogP contribution in [0.25, 0.3) is 11.1 Å². The summed E-state index contributed by atoms with van der Waals surface area (Å²) in [5, 5.41) is 0. The van der Waals surface area contributed by atoms with E-state index in [0.29, 0.717) is 23.7 Å². The lowest BCUT2D eigenvalue weighted by molar-refractivity contribution is 0.0505. The Bertz CT molecular complexity index is 774. The summed E-state index contributed by atoms with van der Waals surface area (Å²) in [5.74, 6) is 0.817. The molecule has 2 aromatic carbocycles. The number of benzene rings is 2. The molecule has 0 unspecified atom stereocenters. The number of hydrogen-bond donors (Lipinski definition) is 0. The quantitative estimate of drug-likeness (QED) is 0.476. The van der Waals surface area contributed by atoms with Crippen molar-refractivity contribution >= 4 is 5.97 Å². The van der Waals surface area contributed by atoms with Crippen molar-refractivity contribution < 1.29 is 13.9 Å². The monoisotopic (exact) mass is 382 g/mol. The first-order chi connectivity index (χ1) is 13.6. The van der Waals surface area contributed by atoms with Gasteiger partial charge in [0.05, 0.1) is 12.2 Å². The van der Waals surface area contributed by atoms with Crippen molar-refractivity contribution in [2.24, 2.45) is 5.92 Å². The molecule has 0 saturated heterocycles. The zero-order valence-corrected chi connectivity index (χ0v) is 17.0. The first-order valence-corrected chi connectivity index (χ1v) is 10.7. The van der Waals surface area contributed by atoms with Gasteiger partial charge >= 0.3 is 5.97 Å². The molecule has 3 heteroatoms. The Morgan fingerprint density at radius 2 is 1.71 bits per heavy atom. The van der Waals surface area contributed by atoms with Gasteiger partial charge in [0.2, 0.25) is 0 Å². The number of esters is 1. The third-order valence-corrected chi connectivity index (χ3v) is 5.88. The molecule has 0 heterocycles. The summed E-state index contributed by atoms with van der Waals surface area (Å²) in [6.07, 6.45) is 8.22. The normalized spacial score (nSPS) is 19.4. The molecule has 0 aliphatic heterocycles. The van der Waals surface area contributed by atoms with Gasteiger partial charge in [-0.05, 0) is 73.3 Å². The van der Waals surface area contributed by atoms with E-state index in [1.807, 2.05) is 13.0 Å². The molecule has 0 N–H and O–H groups in total. The molecule has 2 nitrogen and oxygen atoms in total. The minimum atomic E-state index is -0.331. The van der Waals surface area contributed by atoms with E-state index in [1.54, 1.807) is 30.3 Å². The van der Waals surface area contributed by atoms with Gasteiger partial charge in [0.15, 0.2) is 0 Å². The topological polar surface area (TPSA) is 26.3 Å². The van der Waals surface area contributed by atoms with Gasteiger partial charge in [0, 0.05) is 5.56 Å². The molecule has 28 heavy (non-hydrogen) atoms. The maximum Gasteiger partial charge on any atom is 0.338 e. The first-order valence-electron chi connectivity index (χ1n) is 10.7. The van der Waals surface area contributed by atoms with E-state index in [1.165, 1.54) is 25.7 Å². The Kier molecular flexibility index (Phi) is 7.24. The van der Waals surface area contributed by atoms with E-state index in [0.717, 1.165) is 36.3 Å². The van der Waals surface area contributed by atoms with Crippen LogP contribution in [0.2, 0.25) is 0 Å². The van der Waals surface area contributed by atoms with Crippen LogP contribution in [0.5, 0.6) is 0 Å². The summed E-state index contributed by atoms with van der Waals surface area (Å²) in [6.45, 7) is 4.62. The van der Waals surface area contributed by atoms with Crippen LogP contribution in [0, 0.1) is 11.7 Å². The van der Waals surface area contributed by atoms with Gasteiger partial charge < -0.3 is 4.74 Å². The fourth-order valence-electron chi connectivity index (χ4n) is 4.28. The molecule has 0 spiro atoms. The summed E-state index contributed by atoms with van der Waals surface area (Å²) in [5.41, 5.74) is 2.98. The van der Waals surface area contributed by atoms with Crippen LogP contribution < -0.4 is 0 Å². The Morgan fingerprint density at radius 1 is 1.00 bits per heavy atom. The third kappa shape index (κ3) is 5.01. The molecule has 0 atom stereocenters. The van der Waals surface area contributed by atoms with E-state index in [4.69, 9.17) is 4.74 Å². The van der Waals surface area contributed by atoms with Crippen molar-refractivity contribution in [1.82, 2.24) is 0 Å². The highest BCUT2D eigenvalue weighted by Gasteiger charge is 2.22. The van der Waals surface area contributed by atoms with Crippen LogP contribution in [0.1, 0.15) is 80.6 Å². The number of carbonyl (C=O) groups is 1. The fraction of sp³-hybridized carbons (Fsp3) is 0.480. The van der Waals surface area contributed by atoms with Crippen molar-refractivity contribution in [3.8, 4) is 11.1 Å². The average Bonchev–Trinajstić information content (AvgIpc) is 2.73. The molecule has 2 aromatic rings. The summed E-state index contributed by atoms with van der Waals surface area (Å²) in [7, 11) is 0. The smallest absolute Gasteiger partial charge is 0.338 e. The van der Waals surface area contributed by atoms with Crippen LogP contribution >= 0.6 is 0 Å². The van der Waals surface area contributed by atoms with E-state index < -0.39 is 0 Å². The van der Waals surface area contributed by atoms with E-state index >= 15 is 0 Å². The van der Waals surface area contributed by atoms with Gasteiger partial charge in [-0.3, -0.25) is 0 Å². The van der Waals surface area contributed by atoms with Crippen molar-refractivity contribution in [2.45, 2.75) is 64.7 Å². The fourth-order valence-corrected chi connectivity index (χ4v) is 4.28. The Morgan fingerprint density at radius 3 is 2.32 bits per heavy atom. The largest absolute Gasteiger partial charge is 0.462 e. The molecule has 1 aliphatic carbocycles.